The monoisotopic (exact) mass is 507 g/mol. The first-order valence-electron chi connectivity index (χ1n) is 11.4. The van der Waals surface area contributed by atoms with Crippen LogP contribution >= 0.6 is 11.6 Å². The number of halogens is 3. The van der Waals surface area contributed by atoms with Gasteiger partial charge in [0.15, 0.2) is 0 Å². The summed E-state index contributed by atoms with van der Waals surface area (Å²) in [5.41, 5.74) is 2.89. The molecule has 0 aromatic heterocycles. The molecule has 1 fully saturated rings. The van der Waals surface area contributed by atoms with E-state index < -0.39 is 22.7 Å². The third kappa shape index (κ3) is 4.52. The van der Waals surface area contributed by atoms with Gasteiger partial charge in [0, 0.05) is 17.5 Å². The molecule has 182 valence electrons. The number of benzene rings is 3. The van der Waals surface area contributed by atoms with Crippen LogP contribution in [-0.4, -0.2) is 21.6 Å². The van der Waals surface area contributed by atoms with Crippen molar-refractivity contribution in [2.24, 2.45) is 11.0 Å². The molecular weight excluding hydrogens is 488 g/mol. The maximum absolute atomic E-state index is 13.7. The Morgan fingerprint density at radius 2 is 1.72 bits per heavy atom. The van der Waals surface area contributed by atoms with Crippen LogP contribution in [0.3, 0.4) is 0 Å². The first kappa shape index (κ1) is 23.8. The number of hydrogen-bond acceptors (Lipinski definition) is 4. The fourth-order valence-corrected chi connectivity index (χ4v) is 5.03. The van der Waals surface area contributed by atoms with Gasteiger partial charge in [0.2, 0.25) is 0 Å². The van der Waals surface area contributed by atoms with Gasteiger partial charge in [-0.25, -0.2) is 13.8 Å². The highest BCUT2D eigenvalue weighted by Gasteiger charge is 2.44. The van der Waals surface area contributed by atoms with Crippen LogP contribution in [0.4, 0.5) is 14.5 Å². The van der Waals surface area contributed by atoms with E-state index >= 15 is 0 Å². The minimum absolute atomic E-state index is 0.0717. The molecule has 2 aliphatic rings. The van der Waals surface area contributed by atoms with Crippen LogP contribution in [0, 0.1) is 27.7 Å². The van der Waals surface area contributed by atoms with Crippen molar-refractivity contribution in [3.05, 3.63) is 116 Å². The Labute approximate surface area is 210 Å². The smallest absolute Gasteiger partial charge is 0.267 e. The van der Waals surface area contributed by atoms with Crippen LogP contribution < -0.4 is 0 Å². The zero-order chi connectivity index (χ0) is 25.4. The highest BCUT2D eigenvalue weighted by atomic mass is 35.5. The van der Waals surface area contributed by atoms with Crippen molar-refractivity contribution in [3.8, 4) is 0 Å². The molecular formula is C27H20ClF2N3O3. The van der Waals surface area contributed by atoms with Crippen LogP contribution in [-0.2, 0) is 0 Å². The number of nitro benzene ring substituents is 1. The van der Waals surface area contributed by atoms with Gasteiger partial charge in [0.05, 0.1) is 16.7 Å². The zero-order valence-electron chi connectivity index (χ0n) is 18.9. The molecule has 9 heteroatoms. The summed E-state index contributed by atoms with van der Waals surface area (Å²) in [6, 6.07) is 15.4. The Morgan fingerprint density at radius 1 is 1.06 bits per heavy atom. The summed E-state index contributed by atoms with van der Waals surface area (Å²) in [6.07, 6.45) is 4.28. The Balaban J connectivity index is 1.59. The van der Waals surface area contributed by atoms with Crippen LogP contribution in [0.2, 0.25) is 5.02 Å². The fourth-order valence-electron chi connectivity index (χ4n) is 4.84. The topological polar surface area (TPSA) is 75.8 Å². The molecule has 0 unspecified atom stereocenters. The third-order valence-electron chi connectivity index (χ3n) is 6.52. The summed E-state index contributed by atoms with van der Waals surface area (Å²) >= 11 is 5.94. The van der Waals surface area contributed by atoms with Crippen molar-refractivity contribution >= 4 is 35.0 Å². The van der Waals surface area contributed by atoms with Crippen molar-refractivity contribution < 1.29 is 18.5 Å². The Hall–Kier alpha value is -3.91. The van der Waals surface area contributed by atoms with Gasteiger partial charge in [-0.15, -0.1) is 0 Å². The van der Waals surface area contributed by atoms with Crippen LogP contribution in [0.15, 0.2) is 77.4 Å². The molecule has 0 radical (unpaired) electrons. The number of carbonyl (C=O) groups excluding carboxylic acids is 1. The molecule has 0 saturated heterocycles. The molecule has 0 bridgehead atoms. The number of hydrazone groups is 1. The van der Waals surface area contributed by atoms with Gasteiger partial charge in [-0.1, -0.05) is 35.9 Å². The summed E-state index contributed by atoms with van der Waals surface area (Å²) in [7, 11) is 0. The number of nitrogens with zero attached hydrogens (tertiary/aromatic N) is 3. The van der Waals surface area contributed by atoms with Crippen molar-refractivity contribution in [1.29, 1.82) is 0 Å². The summed E-state index contributed by atoms with van der Waals surface area (Å²) in [5, 5.41) is 17.4. The number of rotatable bonds is 4. The molecule has 1 aliphatic carbocycles. The molecule has 1 aliphatic heterocycles. The minimum Gasteiger partial charge on any atom is -0.267 e. The summed E-state index contributed by atoms with van der Waals surface area (Å²) in [5.74, 6) is -1.40. The van der Waals surface area contributed by atoms with Gasteiger partial charge in [-0.3, -0.25) is 14.9 Å². The average Bonchev–Trinajstić information content (AvgIpc) is 3.26. The Morgan fingerprint density at radius 3 is 2.39 bits per heavy atom. The van der Waals surface area contributed by atoms with E-state index in [0.29, 0.717) is 5.56 Å². The van der Waals surface area contributed by atoms with E-state index in [-0.39, 0.29) is 28.0 Å². The Bertz CT molecular complexity index is 1400. The van der Waals surface area contributed by atoms with E-state index in [0.717, 1.165) is 42.2 Å². The molecule has 3 aromatic rings. The quantitative estimate of drug-likeness (QED) is 0.283. The van der Waals surface area contributed by atoms with Gasteiger partial charge >= 0.3 is 0 Å². The van der Waals surface area contributed by atoms with E-state index in [2.05, 4.69) is 0 Å². The molecule has 0 spiro atoms. The van der Waals surface area contributed by atoms with Gasteiger partial charge in [-0.05, 0) is 78.4 Å². The average molecular weight is 508 g/mol. The number of fused-ring (bicyclic) bond motifs is 1. The fraction of sp³-hybridized carbons (Fsp3) is 0.185. The minimum atomic E-state index is -0.643. The van der Waals surface area contributed by atoms with E-state index in [1.807, 2.05) is 6.08 Å². The lowest BCUT2D eigenvalue weighted by Gasteiger charge is -2.29. The number of nitro groups is 1. The summed E-state index contributed by atoms with van der Waals surface area (Å²) < 4.78 is 27.1. The molecule has 6 nitrogen and oxygen atoms in total. The highest BCUT2D eigenvalue weighted by Crippen LogP contribution is 2.45. The second-order valence-corrected chi connectivity index (χ2v) is 9.18. The molecule has 1 saturated carbocycles. The predicted molar refractivity (Wildman–Crippen MR) is 133 cm³/mol. The largest absolute Gasteiger partial charge is 0.288 e. The molecule has 36 heavy (non-hydrogen) atoms. The van der Waals surface area contributed by atoms with Crippen LogP contribution in [0.5, 0.6) is 0 Å². The SMILES string of the molecule is O=C(c1ccc(Cl)c([N+](=O)[O-])c1)N1N=C2/C(=C/c3ccc(F)cc3)CCC[C@H]2[C@H]1c1ccc(F)cc1. The van der Waals surface area contributed by atoms with E-state index in [1.165, 1.54) is 41.4 Å². The zero-order valence-corrected chi connectivity index (χ0v) is 19.7. The maximum atomic E-state index is 13.7. The van der Waals surface area contributed by atoms with E-state index in [4.69, 9.17) is 16.7 Å². The second-order valence-electron chi connectivity index (χ2n) is 8.77. The van der Waals surface area contributed by atoms with Gasteiger partial charge < -0.3 is 0 Å². The van der Waals surface area contributed by atoms with Crippen molar-refractivity contribution in [3.63, 3.8) is 0 Å². The third-order valence-corrected chi connectivity index (χ3v) is 6.84. The lowest BCUT2D eigenvalue weighted by molar-refractivity contribution is -0.384. The Kier molecular flexibility index (Phi) is 6.36. The summed E-state index contributed by atoms with van der Waals surface area (Å²) in [4.78, 5) is 24.4. The van der Waals surface area contributed by atoms with Crippen LogP contribution in [0.1, 0.15) is 46.8 Å². The number of allylic oxidation sites excluding steroid dienone is 1. The standard InChI is InChI=1S/C27H20ClF2N3O3/c28-23-13-8-19(15-24(23)33(35)36)27(34)32-26(17-6-11-21(30)12-7-17)22-3-1-2-18(25(22)31-32)14-16-4-9-20(29)10-5-16/h4-15,22,26H,1-3H2/b18-14+/t22-,26-/m1/s1. The number of amides is 1. The van der Waals surface area contributed by atoms with Gasteiger partial charge in [0.1, 0.15) is 16.7 Å². The molecule has 1 amide bonds. The lowest BCUT2D eigenvalue weighted by atomic mass is 9.77. The van der Waals surface area contributed by atoms with Crippen molar-refractivity contribution in [1.82, 2.24) is 5.01 Å². The lowest BCUT2D eigenvalue weighted by Crippen LogP contribution is -2.32. The van der Waals surface area contributed by atoms with E-state index in [1.54, 1.807) is 24.3 Å². The predicted octanol–water partition coefficient (Wildman–Crippen LogP) is 6.96. The molecule has 0 N–H and O–H groups in total. The maximum Gasteiger partial charge on any atom is 0.288 e. The van der Waals surface area contributed by atoms with Gasteiger partial charge in [-0.2, -0.15) is 5.10 Å². The second kappa shape index (κ2) is 9.62. The summed E-state index contributed by atoms with van der Waals surface area (Å²) in [6.45, 7) is 0. The van der Waals surface area contributed by atoms with Crippen molar-refractivity contribution in [2.75, 3.05) is 0 Å². The number of hydrogen-bond donors (Lipinski definition) is 0. The molecule has 5 rings (SSSR count). The first-order valence-corrected chi connectivity index (χ1v) is 11.8. The highest BCUT2D eigenvalue weighted by molar-refractivity contribution is 6.32. The number of carbonyl (C=O) groups is 1. The van der Waals surface area contributed by atoms with Crippen molar-refractivity contribution in [2.45, 2.75) is 25.3 Å². The molecule has 1 heterocycles. The molecule has 2 atom stereocenters. The molecule has 3 aromatic carbocycles. The normalized spacial score (nSPS) is 20.2. The first-order chi connectivity index (χ1) is 17.3. The van der Waals surface area contributed by atoms with Crippen LogP contribution in [0.25, 0.3) is 6.08 Å². The van der Waals surface area contributed by atoms with Gasteiger partial charge in [0.25, 0.3) is 11.6 Å². The van der Waals surface area contributed by atoms with E-state index in [9.17, 15) is 23.7 Å².